The zero-order valence-corrected chi connectivity index (χ0v) is 14.3. The van der Waals surface area contributed by atoms with Gasteiger partial charge in [0.2, 0.25) is 0 Å². The van der Waals surface area contributed by atoms with E-state index < -0.39 is 0 Å². The fraction of sp³-hybridized carbons (Fsp3) is 1.00. The third kappa shape index (κ3) is 4.43. The summed E-state index contributed by atoms with van der Waals surface area (Å²) >= 11 is 0. The highest BCUT2D eigenvalue weighted by Gasteiger charge is 2.39. The number of rotatable bonds is 5. The standard InChI is InChI=1S/C18H34N2O/c1-15-11-20(13-17(2,3)21-15)14-18(9-5-4-6-10-18)12-19-16-7-8-16/h15-16,19H,4-14H2,1-3H3. The van der Waals surface area contributed by atoms with Crippen LogP contribution in [0.4, 0.5) is 0 Å². The van der Waals surface area contributed by atoms with E-state index in [1.807, 2.05) is 0 Å². The van der Waals surface area contributed by atoms with Gasteiger partial charge in [-0.25, -0.2) is 0 Å². The molecule has 1 atom stereocenters. The van der Waals surface area contributed by atoms with Crippen molar-refractivity contribution in [1.29, 1.82) is 0 Å². The monoisotopic (exact) mass is 294 g/mol. The second-order valence-electron chi connectivity index (χ2n) is 8.57. The molecule has 0 aromatic carbocycles. The van der Waals surface area contributed by atoms with Gasteiger partial charge in [0.1, 0.15) is 0 Å². The fourth-order valence-corrected chi connectivity index (χ4v) is 4.52. The minimum Gasteiger partial charge on any atom is -0.370 e. The van der Waals surface area contributed by atoms with E-state index in [0.717, 1.165) is 19.1 Å². The zero-order valence-electron chi connectivity index (χ0n) is 14.3. The third-order valence-electron chi connectivity index (χ3n) is 5.46. The molecule has 0 aromatic rings. The summed E-state index contributed by atoms with van der Waals surface area (Å²) in [5, 5.41) is 3.83. The fourth-order valence-electron chi connectivity index (χ4n) is 4.52. The maximum atomic E-state index is 6.08. The van der Waals surface area contributed by atoms with E-state index >= 15 is 0 Å². The molecule has 1 unspecified atom stereocenters. The summed E-state index contributed by atoms with van der Waals surface area (Å²) in [6.07, 6.45) is 10.3. The Bertz CT molecular complexity index is 345. The summed E-state index contributed by atoms with van der Waals surface area (Å²) in [5.41, 5.74) is 0.533. The van der Waals surface area contributed by atoms with Crippen molar-refractivity contribution < 1.29 is 4.74 Å². The summed E-state index contributed by atoms with van der Waals surface area (Å²) < 4.78 is 6.08. The van der Waals surface area contributed by atoms with Gasteiger partial charge in [-0.05, 0) is 51.9 Å². The first kappa shape index (κ1) is 15.8. The van der Waals surface area contributed by atoms with Crippen molar-refractivity contribution in [2.45, 2.75) is 83.5 Å². The van der Waals surface area contributed by atoms with Gasteiger partial charge in [0.05, 0.1) is 11.7 Å². The number of nitrogens with zero attached hydrogens (tertiary/aromatic N) is 1. The van der Waals surface area contributed by atoms with Crippen LogP contribution in [0.15, 0.2) is 0 Å². The Morgan fingerprint density at radius 2 is 1.86 bits per heavy atom. The molecule has 0 amide bonds. The molecule has 21 heavy (non-hydrogen) atoms. The molecule has 1 N–H and O–H groups in total. The van der Waals surface area contributed by atoms with E-state index in [1.54, 1.807) is 0 Å². The predicted molar refractivity (Wildman–Crippen MR) is 87.6 cm³/mol. The first-order valence-electron chi connectivity index (χ1n) is 9.10. The number of ether oxygens (including phenoxy) is 1. The topological polar surface area (TPSA) is 24.5 Å². The van der Waals surface area contributed by atoms with Crippen LogP contribution < -0.4 is 5.32 Å². The number of hydrogen-bond donors (Lipinski definition) is 1. The van der Waals surface area contributed by atoms with Gasteiger partial charge in [-0.2, -0.15) is 0 Å². The summed E-state index contributed by atoms with van der Waals surface area (Å²) in [7, 11) is 0. The van der Waals surface area contributed by atoms with Gasteiger partial charge in [0.15, 0.2) is 0 Å². The van der Waals surface area contributed by atoms with Crippen LogP contribution in [0.1, 0.15) is 65.7 Å². The van der Waals surface area contributed by atoms with Crippen LogP contribution in [-0.2, 0) is 4.74 Å². The Morgan fingerprint density at radius 1 is 1.14 bits per heavy atom. The Labute approximate surface area is 130 Å². The molecule has 1 aliphatic heterocycles. The molecular weight excluding hydrogens is 260 g/mol. The van der Waals surface area contributed by atoms with Crippen molar-refractivity contribution in [2.75, 3.05) is 26.2 Å². The summed E-state index contributed by atoms with van der Waals surface area (Å²) in [4.78, 5) is 2.69. The number of hydrogen-bond acceptors (Lipinski definition) is 3. The third-order valence-corrected chi connectivity index (χ3v) is 5.46. The first-order chi connectivity index (χ1) is 9.96. The maximum absolute atomic E-state index is 6.08. The van der Waals surface area contributed by atoms with Gasteiger partial charge in [-0.1, -0.05) is 19.3 Å². The Balaban J connectivity index is 1.62. The molecule has 3 fully saturated rings. The van der Waals surface area contributed by atoms with Crippen molar-refractivity contribution in [2.24, 2.45) is 5.41 Å². The number of morpholine rings is 1. The van der Waals surface area contributed by atoms with Crippen LogP contribution in [-0.4, -0.2) is 48.8 Å². The van der Waals surface area contributed by atoms with E-state index in [9.17, 15) is 0 Å². The second kappa shape index (κ2) is 6.17. The van der Waals surface area contributed by atoms with Crippen molar-refractivity contribution in [3.05, 3.63) is 0 Å². The van der Waals surface area contributed by atoms with Crippen LogP contribution in [0.3, 0.4) is 0 Å². The quantitative estimate of drug-likeness (QED) is 0.843. The average Bonchev–Trinajstić information content (AvgIpc) is 3.19. The first-order valence-corrected chi connectivity index (χ1v) is 9.10. The SMILES string of the molecule is CC1CN(CC2(CNC3CC3)CCCCC2)CC(C)(C)O1. The normalized spacial score (nSPS) is 33.0. The lowest BCUT2D eigenvalue weighted by Crippen LogP contribution is -2.56. The van der Waals surface area contributed by atoms with Crippen LogP contribution >= 0.6 is 0 Å². The van der Waals surface area contributed by atoms with E-state index in [-0.39, 0.29) is 5.60 Å². The minimum absolute atomic E-state index is 0.0114. The highest BCUT2D eigenvalue weighted by atomic mass is 16.5. The molecule has 3 nitrogen and oxygen atoms in total. The van der Waals surface area contributed by atoms with Gasteiger partial charge in [-0.15, -0.1) is 0 Å². The zero-order chi connectivity index (χ0) is 14.9. The van der Waals surface area contributed by atoms with E-state index in [2.05, 4.69) is 31.0 Å². The highest BCUT2D eigenvalue weighted by Crippen LogP contribution is 2.38. The largest absolute Gasteiger partial charge is 0.370 e. The average molecular weight is 294 g/mol. The van der Waals surface area contributed by atoms with E-state index in [4.69, 9.17) is 4.74 Å². The Hall–Kier alpha value is -0.120. The Morgan fingerprint density at radius 3 is 2.48 bits per heavy atom. The van der Waals surface area contributed by atoms with Gasteiger partial charge in [0, 0.05) is 32.2 Å². The molecule has 122 valence electrons. The molecule has 0 spiro atoms. The molecule has 0 aromatic heterocycles. The number of nitrogens with one attached hydrogen (secondary N) is 1. The lowest BCUT2D eigenvalue weighted by atomic mass is 9.73. The lowest BCUT2D eigenvalue weighted by Gasteiger charge is -2.47. The summed E-state index contributed by atoms with van der Waals surface area (Å²) in [6.45, 7) is 11.4. The maximum Gasteiger partial charge on any atom is 0.0757 e. The molecule has 1 saturated heterocycles. The Kier molecular flexibility index (Phi) is 4.63. The van der Waals surface area contributed by atoms with Crippen LogP contribution in [0, 0.1) is 5.41 Å². The molecule has 3 rings (SSSR count). The molecule has 0 radical (unpaired) electrons. The predicted octanol–water partition coefficient (Wildman–Crippen LogP) is 3.19. The molecule has 0 bridgehead atoms. The smallest absolute Gasteiger partial charge is 0.0757 e. The summed E-state index contributed by atoms with van der Waals surface area (Å²) in [5.74, 6) is 0. The lowest BCUT2D eigenvalue weighted by molar-refractivity contribution is -0.136. The molecular formula is C18H34N2O. The molecule has 1 heterocycles. The van der Waals surface area contributed by atoms with E-state index in [0.29, 0.717) is 11.5 Å². The van der Waals surface area contributed by atoms with Crippen LogP contribution in [0.25, 0.3) is 0 Å². The van der Waals surface area contributed by atoms with Crippen LogP contribution in [0.2, 0.25) is 0 Å². The molecule has 2 aliphatic carbocycles. The molecule has 3 heteroatoms. The van der Waals surface area contributed by atoms with Gasteiger partial charge in [0.25, 0.3) is 0 Å². The van der Waals surface area contributed by atoms with Crippen molar-refractivity contribution in [1.82, 2.24) is 10.2 Å². The van der Waals surface area contributed by atoms with Crippen LogP contribution in [0.5, 0.6) is 0 Å². The van der Waals surface area contributed by atoms with Crippen molar-refractivity contribution in [3.63, 3.8) is 0 Å². The van der Waals surface area contributed by atoms with Gasteiger partial charge >= 0.3 is 0 Å². The van der Waals surface area contributed by atoms with Gasteiger partial charge < -0.3 is 10.1 Å². The van der Waals surface area contributed by atoms with Crippen molar-refractivity contribution in [3.8, 4) is 0 Å². The minimum atomic E-state index is 0.0114. The van der Waals surface area contributed by atoms with Gasteiger partial charge in [-0.3, -0.25) is 4.90 Å². The second-order valence-corrected chi connectivity index (χ2v) is 8.57. The highest BCUT2D eigenvalue weighted by molar-refractivity contribution is 4.93. The summed E-state index contributed by atoms with van der Waals surface area (Å²) in [6, 6.07) is 0.837. The molecule has 3 aliphatic rings. The molecule has 2 saturated carbocycles. The van der Waals surface area contributed by atoms with E-state index in [1.165, 1.54) is 58.0 Å². The van der Waals surface area contributed by atoms with Crippen molar-refractivity contribution >= 4 is 0 Å².